The first kappa shape index (κ1) is 21.5. The van der Waals surface area contributed by atoms with Crippen LogP contribution in [0.4, 0.5) is 5.82 Å². The van der Waals surface area contributed by atoms with E-state index in [2.05, 4.69) is 22.0 Å². The van der Waals surface area contributed by atoms with E-state index in [0.29, 0.717) is 35.9 Å². The number of aryl methyl sites for hydroxylation is 4. The van der Waals surface area contributed by atoms with E-state index in [9.17, 15) is 4.79 Å². The number of nitrogens with zero attached hydrogens (tertiary/aromatic N) is 4. The highest BCUT2D eigenvalue weighted by atomic mass is 16.5. The molecular weight excluding hydrogens is 402 g/mol. The van der Waals surface area contributed by atoms with E-state index in [1.807, 2.05) is 63.4 Å². The lowest BCUT2D eigenvalue weighted by Gasteiger charge is -2.23. The third kappa shape index (κ3) is 4.46. The Morgan fingerprint density at radius 1 is 1.03 bits per heavy atom. The zero-order chi connectivity index (χ0) is 22.8. The molecule has 0 atom stereocenters. The summed E-state index contributed by atoms with van der Waals surface area (Å²) in [6.45, 7) is 8.44. The summed E-state index contributed by atoms with van der Waals surface area (Å²) in [4.78, 5) is 24.4. The molecule has 32 heavy (non-hydrogen) atoms. The quantitative estimate of drug-likeness (QED) is 0.483. The minimum Gasteiger partial charge on any atom is -0.383 e. The van der Waals surface area contributed by atoms with E-state index in [1.165, 1.54) is 0 Å². The lowest BCUT2D eigenvalue weighted by molar-refractivity contribution is 0.0723. The first-order chi connectivity index (χ1) is 15.3. The third-order valence-corrected chi connectivity index (χ3v) is 5.58. The number of rotatable bonds is 6. The van der Waals surface area contributed by atoms with Crippen LogP contribution in [0.25, 0.3) is 10.9 Å². The van der Waals surface area contributed by atoms with Gasteiger partial charge in [-0.1, -0.05) is 18.1 Å². The van der Waals surface area contributed by atoms with E-state index in [1.54, 1.807) is 4.90 Å². The van der Waals surface area contributed by atoms with Gasteiger partial charge >= 0.3 is 0 Å². The number of pyridine rings is 2. The molecule has 1 aromatic carbocycles. The minimum atomic E-state index is -0.0964. The second-order valence-electron chi connectivity index (χ2n) is 8.15. The summed E-state index contributed by atoms with van der Waals surface area (Å²) >= 11 is 0. The fourth-order valence-electron chi connectivity index (χ4n) is 3.69. The topological polar surface area (TPSA) is 98.1 Å². The molecule has 0 saturated heterocycles. The van der Waals surface area contributed by atoms with E-state index in [-0.39, 0.29) is 5.91 Å². The Hall–Kier alpha value is -3.74. The molecule has 3 aromatic heterocycles. The number of hydrogen-bond donors (Lipinski definition) is 1. The molecule has 0 aliphatic rings. The van der Waals surface area contributed by atoms with Crippen molar-refractivity contribution >= 4 is 22.6 Å². The zero-order valence-electron chi connectivity index (χ0n) is 18.8. The Balaban J connectivity index is 1.71. The molecule has 0 spiro atoms. The first-order valence-electron chi connectivity index (χ1n) is 10.7. The lowest BCUT2D eigenvalue weighted by atomic mass is 10.0. The van der Waals surface area contributed by atoms with E-state index in [0.717, 1.165) is 39.7 Å². The van der Waals surface area contributed by atoms with Gasteiger partial charge in [-0.3, -0.25) is 9.78 Å². The van der Waals surface area contributed by atoms with Crippen molar-refractivity contribution in [2.45, 2.75) is 47.2 Å². The summed E-state index contributed by atoms with van der Waals surface area (Å²) in [6.07, 6.45) is 2.78. The van der Waals surface area contributed by atoms with Crippen molar-refractivity contribution < 1.29 is 9.32 Å². The van der Waals surface area contributed by atoms with Crippen LogP contribution in [0.3, 0.4) is 0 Å². The molecule has 4 rings (SSSR count). The second kappa shape index (κ2) is 8.78. The van der Waals surface area contributed by atoms with Gasteiger partial charge in [0.05, 0.1) is 24.3 Å². The van der Waals surface area contributed by atoms with Gasteiger partial charge in [0.2, 0.25) is 0 Å². The number of carbonyl (C=O) groups excluding carboxylic acids is 1. The molecule has 7 nitrogen and oxygen atoms in total. The maximum absolute atomic E-state index is 13.7. The molecule has 1 amide bonds. The molecule has 3 heterocycles. The van der Waals surface area contributed by atoms with Crippen LogP contribution in [-0.4, -0.2) is 25.9 Å². The predicted octanol–water partition coefficient (Wildman–Crippen LogP) is 4.53. The maximum Gasteiger partial charge on any atom is 0.254 e. The number of carbonyl (C=O) groups is 1. The molecule has 0 unspecified atom stereocenters. The van der Waals surface area contributed by atoms with Crippen LogP contribution in [-0.2, 0) is 19.5 Å². The molecule has 0 saturated carbocycles. The average molecular weight is 430 g/mol. The Morgan fingerprint density at radius 2 is 1.81 bits per heavy atom. The molecule has 0 aliphatic carbocycles. The summed E-state index contributed by atoms with van der Waals surface area (Å²) < 4.78 is 5.21. The largest absolute Gasteiger partial charge is 0.383 e. The molecule has 0 bridgehead atoms. The van der Waals surface area contributed by atoms with Gasteiger partial charge in [0.15, 0.2) is 0 Å². The van der Waals surface area contributed by atoms with Gasteiger partial charge in [-0.05, 0) is 68.1 Å². The van der Waals surface area contributed by atoms with Gasteiger partial charge in [0.1, 0.15) is 17.3 Å². The van der Waals surface area contributed by atoms with Crippen LogP contribution >= 0.6 is 0 Å². The fraction of sp³-hybridized carbons (Fsp3) is 0.280. The van der Waals surface area contributed by atoms with Crippen LogP contribution in [0.1, 0.15) is 51.1 Å². The molecule has 4 aromatic rings. The van der Waals surface area contributed by atoms with Crippen molar-refractivity contribution in [1.82, 2.24) is 20.0 Å². The number of nitrogen functional groups attached to an aromatic ring is 1. The Morgan fingerprint density at radius 3 is 2.47 bits per heavy atom. The minimum absolute atomic E-state index is 0.0964. The maximum atomic E-state index is 13.7. The van der Waals surface area contributed by atoms with Gasteiger partial charge in [-0.25, -0.2) is 4.98 Å². The number of hydrogen-bond acceptors (Lipinski definition) is 6. The van der Waals surface area contributed by atoms with Gasteiger partial charge in [-0.15, -0.1) is 0 Å². The zero-order valence-corrected chi connectivity index (χ0v) is 18.8. The molecule has 164 valence electrons. The second-order valence-corrected chi connectivity index (χ2v) is 8.15. The van der Waals surface area contributed by atoms with Gasteiger partial charge in [0, 0.05) is 23.2 Å². The van der Waals surface area contributed by atoms with Crippen LogP contribution in [0.15, 0.2) is 47.1 Å². The van der Waals surface area contributed by atoms with E-state index >= 15 is 0 Å². The van der Waals surface area contributed by atoms with Crippen LogP contribution in [0.5, 0.6) is 0 Å². The van der Waals surface area contributed by atoms with Crippen LogP contribution in [0, 0.1) is 20.8 Å². The number of anilines is 1. The predicted molar refractivity (Wildman–Crippen MR) is 124 cm³/mol. The standard InChI is InChI=1S/C25H27N5O2/c1-5-18-6-7-20(27-12-18)13-30(14-21-10-17(4)32-29-21)25(31)22-11-19-8-16(3)24(26)28-23(19)9-15(22)2/h6-12H,5,13-14H2,1-4H3,(H2,26,28). The molecule has 0 fully saturated rings. The highest BCUT2D eigenvalue weighted by Gasteiger charge is 2.21. The Labute approximate surface area is 187 Å². The number of amides is 1. The Kier molecular flexibility index (Phi) is 5.90. The number of fused-ring (bicyclic) bond motifs is 1. The monoisotopic (exact) mass is 429 g/mol. The van der Waals surface area contributed by atoms with Crippen LogP contribution < -0.4 is 5.73 Å². The van der Waals surface area contributed by atoms with Crippen molar-refractivity contribution in [2.75, 3.05) is 5.73 Å². The van der Waals surface area contributed by atoms with E-state index in [4.69, 9.17) is 10.3 Å². The average Bonchev–Trinajstić information content (AvgIpc) is 3.19. The van der Waals surface area contributed by atoms with Crippen molar-refractivity contribution in [3.63, 3.8) is 0 Å². The Bertz CT molecular complexity index is 1280. The van der Waals surface area contributed by atoms with Crippen LogP contribution in [0.2, 0.25) is 0 Å². The molecule has 7 heteroatoms. The van der Waals surface area contributed by atoms with Gasteiger partial charge in [0.25, 0.3) is 5.91 Å². The molecular formula is C25H27N5O2. The van der Waals surface area contributed by atoms with E-state index < -0.39 is 0 Å². The van der Waals surface area contributed by atoms with Gasteiger partial charge in [-0.2, -0.15) is 0 Å². The highest BCUT2D eigenvalue weighted by molar-refractivity contribution is 5.99. The summed E-state index contributed by atoms with van der Waals surface area (Å²) in [7, 11) is 0. The van der Waals surface area contributed by atoms with Crippen molar-refractivity contribution in [2.24, 2.45) is 0 Å². The SMILES string of the molecule is CCc1ccc(CN(Cc2cc(C)on2)C(=O)c2cc3cc(C)c(N)nc3cc2C)nc1. The first-order valence-corrected chi connectivity index (χ1v) is 10.7. The van der Waals surface area contributed by atoms with Crippen molar-refractivity contribution in [1.29, 1.82) is 0 Å². The number of nitrogens with two attached hydrogens (primary N) is 1. The lowest BCUT2D eigenvalue weighted by Crippen LogP contribution is -2.31. The van der Waals surface area contributed by atoms with Crippen molar-refractivity contribution in [3.8, 4) is 0 Å². The fourth-order valence-corrected chi connectivity index (χ4v) is 3.69. The summed E-state index contributed by atoms with van der Waals surface area (Å²) in [5.41, 5.74) is 11.8. The molecule has 2 N–H and O–H groups in total. The van der Waals surface area contributed by atoms with Crippen molar-refractivity contribution in [3.05, 3.63) is 82.0 Å². The smallest absolute Gasteiger partial charge is 0.254 e. The highest BCUT2D eigenvalue weighted by Crippen LogP contribution is 2.24. The normalized spacial score (nSPS) is 11.1. The van der Waals surface area contributed by atoms with Gasteiger partial charge < -0.3 is 15.2 Å². The summed E-state index contributed by atoms with van der Waals surface area (Å²) in [5.74, 6) is 1.11. The number of aromatic nitrogens is 3. The summed E-state index contributed by atoms with van der Waals surface area (Å²) in [5, 5.41) is 4.96. The molecule has 0 aliphatic heterocycles. The summed E-state index contributed by atoms with van der Waals surface area (Å²) in [6, 6.07) is 11.6. The third-order valence-electron chi connectivity index (χ3n) is 5.58. The molecule has 0 radical (unpaired) electrons. The number of benzene rings is 1.